The van der Waals surface area contributed by atoms with Crippen LogP contribution in [0, 0.1) is 6.92 Å². The monoisotopic (exact) mass is 372 g/mol. The van der Waals surface area contributed by atoms with Gasteiger partial charge in [0, 0.05) is 29.3 Å². The maximum absolute atomic E-state index is 12.8. The summed E-state index contributed by atoms with van der Waals surface area (Å²) >= 11 is 0. The van der Waals surface area contributed by atoms with Crippen LogP contribution in [0.25, 0.3) is 11.1 Å². The molecule has 0 atom stereocenters. The Morgan fingerprint density at radius 3 is 2.37 bits per heavy atom. The number of alkyl halides is 3. The number of halogens is 3. The van der Waals surface area contributed by atoms with Crippen molar-refractivity contribution in [3.8, 4) is 11.1 Å². The molecule has 0 amide bonds. The second-order valence-corrected chi connectivity index (χ2v) is 6.60. The number of anilines is 2. The third-order valence-electron chi connectivity index (χ3n) is 3.99. The summed E-state index contributed by atoms with van der Waals surface area (Å²) in [7, 11) is 0. The smallest absolute Gasteiger partial charge is 0.324 e. The van der Waals surface area contributed by atoms with Crippen molar-refractivity contribution in [3.05, 3.63) is 65.7 Å². The van der Waals surface area contributed by atoms with Gasteiger partial charge in [0.1, 0.15) is 5.69 Å². The summed E-state index contributed by atoms with van der Waals surface area (Å²) in [4.78, 5) is 11.9. The van der Waals surface area contributed by atoms with E-state index in [0.717, 1.165) is 34.6 Å². The Labute approximate surface area is 155 Å². The molecule has 0 aliphatic rings. The molecule has 7 heteroatoms. The Hall–Kier alpha value is -2.96. The van der Waals surface area contributed by atoms with Crippen molar-refractivity contribution in [2.75, 3.05) is 5.32 Å². The standard InChI is InChI=1S/C20H19F3N4/c1-12(2)17-5-4-14(11-25-17)15-8-13(3)9-16(10-15)26-19-24-7-6-18(27-19)20(21,22)23/h4-12H,1-3H3,(H,24,26,27). The molecule has 27 heavy (non-hydrogen) atoms. The number of aryl methyl sites for hydroxylation is 1. The first kappa shape index (κ1) is 18.8. The average Bonchev–Trinajstić information content (AvgIpc) is 2.61. The van der Waals surface area contributed by atoms with Gasteiger partial charge in [0.05, 0.1) is 0 Å². The van der Waals surface area contributed by atoms with E-state index in [0.29, 0.717) is 11.6 Å². The second-order valence-electron chi connectivity index (χ2n) is 6.60. The van der Waals surface area contributed by atoms with Gasteiger partial charge in [-0.15, -0.1) is 0 Å². The molecule has 0 saturated carbocycles. The van der Waals surface area contributed by atoms with E-state index in [1.807, 2.05) is 37.3 Å². The van der Waals surface area contributed by atoms with Crippen LogP contribution in [0.5, 0.6) is 0 Å². The number of pyridine rings is 1. The molecule has 4 nitrogen and oxygen atoms in total. The first-order valence-corrected chi connectivity index (χ1v) is 8.47. The molecular formula is C20H19F3N4. The lowest BCUT2D eigenvalue weighted by Crippen LogP contribution is -2.10. The van der Waals surface area contributed by atoms with E-state index in [1.165, 1.54) is 0 Å². The molecule has 3 aromatic rings. The van der Waals surface area contributed by atoms with Crippen molar-refractivity contribution in [2.24, 2.45) is 0 Å². The molecule has 1 aromatic carbocycles. The van der Waals surface area contributed by atoms with Gasteiger partial charge in [-0.05, 0) is 48.2 Å². The second kappa shape index (κ2) is 7.34. The molecule has 2 aromatic heterocycles. The summed E-state index contributed by atoms with van der Waals surface area (Å²) in [6, 6.07) is 10.5. The number of benzene rings is 1. The van der Waals surface area contributed by atoms with Crippen LogP contribution in [0.2, 0.25) is 0 Å². The molecule has 0 aliphatic carbocycles. The molecular weight excluding hydrogens is 353 g/mol. The normalized spacial score (nSPS) is 11.7. The van der Waals surface area contributed by atoms with Gasteiger partial charge in [0.2, 0.25) is 5.95 Å². The highest BCUT2D eigenvalue weighted by atomic mass is 19.4. The number of nitrogens with zero attached hydrogens (tertiary/aromatic N) is 3. The van der Waals surface area contributed by atoms with Gasteiger partial charge in [0.15, 0.2) is 0 Å². The first-order valence-electron chi connectivity index (χ1n) is 8.47. The molecule has 0 radical (unpaired) electrons. The van der Waals surface area contributed by atoms with Crippen LogP contribution in [0.4, 0.5) is 24.8 Å². The number of hydrogen-bond acceptors (Lipinski definition) is 4. The van der Waals surface area contributed by atoms with Crippen LogP contribution in [0.15, 0.2) is 48.8 Å². The zero-order valence-electron chi connectivity index (χ0n) is 15.2. The Balaban J connectivity index is 1.90. The van der Waals surface area contributed by atoms with Crippen LogP contribution >= 0.6 is 0 Å². The molecule has 3 rings (SSSR count). The molecule has 2 heterocycles. The zero-order valence-corrected chi connectivity index (χ0v) is 15.2. The molecule has 0 fully saturated rings. The molecule has 0 saturated heterocycles. The third-order valence-corrected chi connectivity index (χ3v) is 3.99. The van der Waals surface area contributed by atoms with Crippen LogP contribution in [-0.4, -0.2) is 15.0 Å². The van der Waals surface area contributed by atoms with Gasteiger partial charge in [-0.25, -0.2) is 9.97 Å². The minimum atomic E-state index is -4.51. The highest BCUT2D eigenvalue weighted by molar-refractivity contribution is 5.70. The summed E-state index contributed by atoms with van der Waals surface area (Å²) in [5.74, 6) is 0.238. The van der Waals surface area contributed by atoms with Crippen molar-refractivity contribution in [3.63, 3.8) is 0 Å². The lowest BCUT2D eigenvalue weighted by molar-refractivity contribution is -0.141. The Morgan fingerprint density at radius 1 is 0.963 bits per heavy atom. The molecule has 140 valence electrons. The van der Waals surface area contributed by atoms with Crippen molar-refractivity contribution >= 4 is 11.6 Å². The molecule has 0 unspecified atom stereocenters. The first-order chi connectivity index (χ1) is 12.7. The van der Waals surface area contributed by atoms with E-state index < -0.39 is 11.9 Å². The molecule has 1 N–H and O–H groups in total. The lowest BCUT2D eigenvalue weighted by atomic mass is 10.0. The lowest BCUT2D eigenvalue weighted by Gasteiger charge is -2.11. The summed E-state index contributed by atoms with van der Waals surface area (Å²) < 4.78 is 38.5. The number of rotatable bonds is 4. The van der Waals surface area contributed by atoms with Crippen molar-refractivity contribution < 1.29 is 13.2 Å². The van der Waals surface area contributed by atoms with Gasteiger partial charge in [-0.3, -0.25) is 4.98 Å². The topological polar surface area (TPSA) is 50.7 Å². The summed E-state index contributed by atoms with van der Waals surface area (Å²) in [5, 5.41) is 2.85. The highest BCUT2D eigenvalue weighted by Crippen LogP contribution is 2.29. The van der Waals surface area contributed by atoms with Crippen molar-refractivity contribution in [2.45, 2.75) is 32.9 Å². The van der Waals surface area contributed by atoms with Crippen LogP contribution in [0.1, 0.15) is 36.7 Å². The van der Waals surface area contributed by atoms with Crippen LogP contribution in [0.3, 0.4) is 0 Å². The molecule has 0 spiro atoms. The number of nitrogens with one attached hydrogen (secondary N) is 1. The largest absolute Gasteiger partial charge is 0.433 e. The van der Waals surface area contributed by atoms with E-state index in [2.05, 4.69) is 34.1 Å². The van der Waals surface area contributed by atoms with E-state index in [9.17, 15) is 13.2 Å². The summed E-state index contributed by atoms with van der Waals surface area (Å²) in [6.07, 6.45) is -1.63. The fourth-order valence-electron chi connectivity index (χ4n) is 2.65. The average molecular weight is 372 g/mol. The zero-order chi connectivity index (χ0) is 19.6. The van der Waals surface area contributed by atoms with Gasteiger partial charge < -0.3 is 5.32 Å². The summed E-state index contributed by atoms with van der Waals surface area (Å²) in [5.41, 5.74) is 3.42. The summed E-state index contributed by atoms with van der Waals surface area (Å²) in [6.45, 7) is 6.06. The van der Waals surface area contributed by atoms with Gasteiger partial charge in [-0.2, -0.15) is 13.2 Å². The minimum Gasteiger partial charge on any atom is -0.324 e. The highest BCUT2D eigenvalue weighted by Gasteiger charge is 2.32. The van der Waals surface area contributed by atoms with Gasteiger partial charge >= 0.3 is 6.18 Å². The number of aromatic nitrogens is 3. The van der Waals surface area contributed by atoms with Crippen LogP contribution in [-0.2, 0) is 6.18 Å². The van der Waals surface area contributed by atoms with Gasteiger partial charge in [0.25, 0.3) is 0 Å². The Kier molecular flexibility index (Phi) is 5.12. The Bertz CT molecular complexity index is 935. The third kappa shape index (κ3) is 4.61. The predicted molar refractivity (Wildman–Crippen MR) is 98.8 cm³/mol. The van der Waals surface area contributed by atoms with E-state index in [-0.39, 0.29) is 5.95 Å². The van der Waals surface area contributed by atoms with E-state index in [1.54, 1.807) is 6.20 Å². The molecule has 0 bridgehead atoms. The Morgan fingerprint density at radius 2 is 1.74 bits per heavy atom. The fourth-order valence-corrected chi connectivity index (χ4v) is 2.65. The van der Waals surface area contributed by atoms with E-state index in [4.69, 9.17) is 0 Å². The maximum Gasteiger partial charge on any atom is 0.433 e. The van der Waals surface area contributed by atoms with Crippen LogP contribution < -0.4 is 5.32 Å². The van der Waals surface area contributed by atoms with Crippen molar-refractivity contribution in [1.82, 2.24) is 15.0 Å². The van der Waals surface area contributed by atoms with E-state index >= 15 is 0 Å². The quantitative estimate of drug-likeness (QED) is 0.635. The van der Waals surface area contributed by atoms with Gasteiger partial charge in [-0.1, -0.05) is 26.0 Å². The van der Waals surface area contributed by atoms with Crippen molar-refractivity contribution in [1.29, 1.82) is 0 Å². The maximum atomic E-state index is 12.8. The molecule has 0 aliphatic heterocycles. The minimum absolute atomic E-state index is 0.102. The predicted octanol–water partition coefficient (Wildman–Crippen LogP) is 5.73. The fraction of sp³-hybridized carbons (Fsp3) is 0.250. The SMILES string of the molecule is Cc1cc(Nc2nccc(C(F)(F)F)n2)cc(-c2ccc(C(C)C)nc2)c1. The number of hydrogen-bond donors (Lipinski definition) is 1.